The lowest BCUT2D eigenvalue weighted by Crippen LogP contribution is -2.30. The Morgan fingerprint density at radius 1 is 0.968 bits per heavy atom. The van der Waals surface area contributed by atoms with Crippen molar-refractivity contribution in [2.75, 3.05) is 15.4 Å². The van der Waals surface area contributed by atoms with E-state index in [2.05, 4.69) is 5.32 Å². The molecule has 1 heterocycles. The van der Waals surface area contributed by atoms with E-state index in [1.54, 1.807) is 43.3 Å². The van der Waals surface area contributed by atoms with E-state index in [0.717, 1.165) is 4.31 Å². The molecule has 0 bridgehead atoms. The number of ether oxygens (including phenoxy) is 1. The lowest BCUT2D eigenvalue weighted by molar-refractivity contribution is -0.119. The SMILES string of the molecule is CC1CS(=O)(=O)N(c2cccc(C(=O)Nc3ccc(Oc4ccccc4)cc3)c2)C1=O. The number of nitrogens with one attached hydrogen (secondary N) is 1. The maximum absolute atomic E-state index is 12.7. The van der Waals surface area contributed by atoms with Gasteiger partial charge in [0.1, 0.15) is 11.5 Å². The largest absolute Gasteiger partial charge is 0.457 e. The van der Waals surface area contributed by atoms with Crippen molar-refractivity contribution in [1.29, 1.82) is 0 Å². The molecule has 0 aromatic heterocycles. The van der Waals surface area contributed by atoms with Gasteiger partial charge < -0.3 is 10.1 Å². The highest BCUT2D eigenvalue weighted by molar-refractivity contribution is 7.94. The number of hydrogen-bond acceptors (Lipinski definition) is 5. The van der Waals surface area contributed by atoms with Crippen molar-refractivity contribution in [2.24, 2.45) is 5.92 Å². The molecule has 1 fully saturated rings. The van der Waals surface area contributed by atoms with E-state index in [0.29, 0.717) is 17.2 Å². The maximum Gasteiger partial charge on any atom is 0.255 e. The summed E-state index contributed by atoms with van der Waals surface area (Å²) in [5, 5.41) is 2.76. The van der Waals surface area contributed by atoms with Gasteiger partial charge in [-0.15, -0.1) is 0 Å². The van der Waals surface area contributed by atoms with E-state index >= 15 is 0 Å². The summed E-state index contributed by atoms with van der Waals surface area (Å²) in [6.07, 6.45) is 0. The number of sulfonamides is 1. The van der Waals surface area contributed by atoms with Gasteiger partial charge in [0.15, 0.2) is 0 Å². The Balaban J connectivity index is 1.48. The minimum absolute atomic E-state index is 0.161. The second kappa shape index (κ2) is 8.23. The summed E-state index contributed by atoms with van der Waals surface area (Å²) in [6.45, 7) is 1.57. The number of hydrogen-bond donors (Lipinski definition) is 1. The van der Waals surface area contributed by atoms with E-state index < -0.39 is 27.8 Å². The predicted molar refractivity (Wildman–Crippen MR) is 118 cm³/mol. The van der Waals surface area contributed by atoms with Crippen LogP contribution in [0.1, 0.15) is 17.3 Å². The smallest absolute Gasteiger partial charge is 0.255 e. The van der Waals surface area contributed by atoms with Crippen LogP contribution in [-0.4, -0.2) is 26.0 Å². The molecule has 2 amide bonds. The first-order chi connectivity index (χ1) is 14.8. The van der Waals surface area contributed by atoms with Crippen molar-refractivity contribution in [3.05, 3.63) is 84.4 Å². The first-order valence-corrected chi connectivity index (χ1v) is 11.3. The number of para-hydroxylation sites is 1. The number of carbonyl (C=O) groups excluding carboxylic acids is 2. The third-order valence-corrected chi connectivity index (χ3v) is 6.66. The van der Waals surface area contributed by atoms with Crippen LogP contribution in [0.25, 0.3) is 0 Å². The van der Waals surface area contributed by atoms with Crippen LogP contribution in [0, 0.1) is 5.92 Å². The summed E-state index contributed by atoms with van der Waals surface area (Å²) in [5.41, 5.74) is 0.951. The first-order valence-electron chi connectivity index (χ1n) is 9.65. The second-order valence-corrected chi connectivity index (χ2v) is 9.09. The molecule has 158 valence electrons. The fourth-order valence-corrected chi connectivity index (χ4v) is 5.11. The van der Waals surface area contributed by atoms with Gasteiger partial charge in [-0.2, -0.15) is 0 Å². The van der Waals surface area contributed by atoms with Gasteiger partial charge in [-0.25, -0.2) is 12.7 Å². The topological polar surface area (TPSA) is 92.8 Å². The van der Waals surface area contributed by atoms with Gasteiger partial charge in [0.25, 0.3) is 5.91 Å². The van der Waals surface area contributed by atoms with Gasteiger partial charge >= 0.3 is 0 Å². The zero-order valence-corrected chi connectivity index (χ0v) is 17.5. The van der Waals surface area contributed by atoms with Crippen molar-refractivity contribution < 1.29 is 22.7 Å². The molecule has 0 spiro atoms. The molecule has 3 aromatic rings. The molecule has 1 aliphatic heterocycles. The molecule has 1 atom stereocenters. The highest BCUT2D eigenvalue weighted by Gasteiger charge is 2.42. The molecule has 1 unspecified atom stereocenters. The first kappa shape index (κ1) is 20.6. The number of rotatable bonds is 5. The van der Waals surface area contributed by atoms with Crippen molar-refractivity contribution in [1.82, 2.24) is 0 Å². The van der Waals surface area contributed by atoms with E-state index in [1.807, 2.05) is 30.3 Å². The molecule has 1 saturated heterocycles. The molecular formula is C23H20N2O5S. The molecule has 0 saturated carbocycles. The van der Waals surface area contributed by atoms with Crippen LogP contribution in [0.5, 0.6) is 11.5 Å². The van der Waals surface area contributed by atoms with Crippen LogP contribution >= 0.6 is 0 Å². The van der Waals surface area contributed by atoms with Gasteiger partial charge in [-0.1, -0.05) is 31.2 Å². The van der Waals surface area contributed by atoms with Gasteiger partial charge in [-0.05, 0) is 54.6 Å². The number of amides is 2. The monoisotopic (exact) mass is 436 g/mol. The fraction of sp³-hybridized carbons (Fsp3) is 0.130. The van der Waals surface area contributed by atoms with Crippen LogP contribution < -0.4 is 14.4 Å². The Bertz CT molecular complexity index is 1220. The molecule has 3 aromatic carbocycles. The molecule has 0 aliphatic carbocycles. The lowest BCUT2D eigenvalue weighted by Gasteiger charge is -2.16. The Labute approximate surface area is 180 Å². The molecule has 0 radical (unpaired) electrons. The van der Waals surface area contributed by atoms with E-state index in [4.69, 9.17) is 4.74 Å². The minimum Gasteiger partial charge on any atom is -0.457 e. The zero-order valence-electron chi connectivity index (χ0n) is 16.7. The normalized spacial score (nSPS) is 17.4. The van der Waals surface area contributed by atoms with Crippen molar-refractivity contribution in [3.63, 3.8) is 0 Å². The van der Waals surface area contributed by atoms with Crippen molar-refractivity contribution in [2.45, 2.75) is 6.92 Å². The molecule has 31 heavy (non-hydrogen) atoms. The maximum atomic E-state index is 12.7. The predicted octanol–water partition coefficient (Wildman–Crippen LogP) is 4.04. The average Bonchev–Trinajstić information content (AvgIpc) is 2.96. The molecule has 7 nitrogen and oxygen atoms in total. The van der Waals surface area contributed by atoms with Crippen LogP contribution in [0.15, 0.2) is 78.9 Å². The van der Waals surface area contributed by atoms with Crippen LogP contribution in [-0.2, 0) is 14.8 Å². The van der Waals surface area contributed by atoms with E-state index in [1.165, 1.54) is 12.1 Å². The third kappa shape index (κ3) is 4.44. The van der Waals surface area contributed by atoms with Crippen LogP contribution in [0.2, 0.25) is 0 Å². The van der Waals surface area contributed by atoms with Gasteiger partial charge in [-0.3, -0.25) is 9.59 Å². The van der Waals surface area contributed by atoms with Gasteiger partial charge in [0.2, 0.25) is 15.9 Å². The summed E-state index contributed by atoms with van der Waals surface area (Å²) in [4.78, 5) is 25.0. The Morgan fingerprint density at radius 3 is 2.29 bits per heavy atom. The lowest BCUT2D eigenvalue weighted by atomic mass is 10.1. The molecule has 8 heteroatoms. The second-order valence-electron chi connectivity index (χ2n) is 7.23. The zero-order chi connectivity index (χ0) is 22.0. The number of nitrogens with zero attached hydrogens (tertiary/aromatic N) is 1. The number of anilines is 2. The van der Waals surface area contributed by atoms with Crippen LogP contribution in [0.3, 0.4) is 0 Å². The quantitative estimate of drug-likeness (QED) is 0.652. The van der Waals surface area contributed by atoms with Crippen molar-refractivity contribution >= 4 is 33.2 Å². The average molecular weight is 436 g/mol. The minimum atomic E-state index is -3.73. The highest BCUT2D eigenvalue weighted by atomic mass is 32.2. The highest BCUT2D eigenvalue weighted by Crippen LogP contribution is 2.29. The standard InChI is InChI=1S/C23H20N2O5S/c1-16-15-31(28,29)25(23(16)27)19-7-5-6-17(14-19)22(26)24-18-10-12-21(13-11-18)30-20-8-3-2-4-9-20/h2-14,16H,15H2,1H3,(H,24,26). The summed E-state index contributed by atoms with van der Waals surface area (Å²) >= 11 is 0. The van der Waals surface area contributed by atoms with E-state index in [-0.39, 0.29) is 17.0 Å². The van der Waals surface area contributed by atoms with Crippen LogP contribution in [0.4, 0.5) is 11.4 Å². The summed E-state index contributed by atoms with van der Waals surface area (Å²) < 4.78 is 31.1. The summed E-state index contributed by atoms with van der Waals surface area (Å²) in [6, 6.07) is 22.2. The summed E-state index contributed by atoms with van der Waals surface area (Å²) in [5.74, 6) is -0.434. The molecular weight excluding hydrogens is 416 g/mol. The fourth-order valence-electron chi connectivity index (χ4n) is 3.29. The third-order valence-electron chi connectivity index (χ3n) is 4.79. The Kier molecular flexibility index (Phi) is 5.48. The van der Waals surface area contributed by atoms with Gasteiger partial charge in [0, 0.05) is 11.3 Å². The Hall–Kier alpha value is -3.65. The molecule has 4 rings (SSSR count). The number of benzene rings is 3. The molecule has 1 aliphatic rings. The van der Waals surface area contributed by atoms with Gasteiger partial charge in [0.05, 0.1) is 17.4 Å². The Morgan fingerprint density at radius 2 is 1.65 bits per heavy atom. The number of carbonyl (C=O) groups is 2. The van der Waals surface area contributed by atoms with Crippen molar-refractivity contribution in [3.8, 4) is 11.5 Å². The summed E-state index contributed by atoms with van der Waals surface area (Å²) in [7, 11) is -3.73. The molecule has 1 N–H and O–H groups in total. The van der Waals surface area contributed by atoms with E-state index in [9.17, 15) is 18.0 Å².